The zero-order valence-electron chi connectivity index (χ0n) is 7.53. The van der Waals surface area contributed by atoms with E-state index in [-0.39, 0.29) is 5.75 Å². The minimum absolute atomic E-state index is 0.0646. The zero-order chi connectivity index (χ0) is 9.84. The smallest absolute Gasteiger partial charge is 0.200 e. The van der Waals surface area contributed by atoms with Gasteiger partial charge in [-0.25, -0.2) is 4.39 Å². The van der Waals surface area contributed by atoms with Gasteiger partial charge in [0.15, 0.2) is 11.6 Å². The zero-order valence-corrected chi connectivity index (χ0v) is 7.53. The fraction of sp³-hybridized carbons (Fsp3) is 0.333. The molecule has 0 aliphatic carbocycles. The topological polar surface area (TPSA) is 21.3 Å². The first-order chi connectivity index (χ1) is 6.19. The molecule has 1 N–H and O–H groups in total. The van der Waals surface area contributed by atoms with Gasteiger partial charge in [0.1, 0.15) is 0 Å². The second kappa shape index (κ2) is 4.18. The summed E-state index contributed by atoms with van der Waals surface area (Å²) >= 11 is 0. The molecule has 0 aliphatic heterocycles. The highest BCUT2D eigenvalue weighted by Crippen LogP contribution is 2.21. The van der Waals surface area contributed by atoms with Crippen LogP contribution in [0.25, 0.3) is 0 Å². The van der Waals surface area contributed by atoms with E-state index in [1.165, 1.54) is 13.2 Å². The summed E-state index contributed by atoms with van der Waals surface area (Å²) in [6.45, 7) is 0.480. The first-order valence-corrected chi connectivity index (χ1v) is 3.85. The average molecular weight is 187 g/mol. The summed E-state index contributed by atoms with van der Waals surface area (Å²) in [5, 5.41) is 2.84. The minimum atomic E-state index is -0.942. The summed E-state index contributed by atoms with van der Waals surface area (Å²) in [4.78, 5) is 0. The van der Waals surface area contributed by atoms with Gasteiger partial charge < -0.3 is 10.1 Å². The first kappa shape index (κ1) is 9.92. The van der Waals surface area contributed by atoms with Gasteiger partial charge in [-0.05, 0) is 24.7 Å². The molecule has 0 saturated carbocycles. The molecule has 13 heavy (non-hydrogen) atoms. The van der Waals surface area contributed by atoms with E-state index in [4.69, 9.17) is 0 Å². The van der Waals surface area contributed by atoms with Gasteiger partial charge in [-0.1, -0.05) is 0 Å². The Morgan fingerprint density at radius 2 is 2.08 bits per heavy atom. The largest absolute Gasteiger partial charge is 0.494 e. The second-order valence-corrected chi connectivity index (χ2v) is 2.62. The summed E-state index contributed by atoms with van der Waals surface area (Å²) < 4.78 is 30.4. The lowest BCUT2D eigenvalue weighted by Gasteiger charge is -2.06. The molecule has 0 radical (unpaired) electrons. The van der Waals surface area contributed by atoms with Gasteiger partial charge in [0, 0.05) is 6.54 Å². The second-order valence-electron chi connectivity index (χ2n) is 2.62. The highest BCUT2D eigenvalue weighted by Gasteiger charge is 2.10. The van der Waals surface area contributed by atoms with E-state index in [9.17, 15) is 8.78 Å². The van der Waals surface area contributed by atoms with Gasteiger partial charge in [-0.3, -0.25) is 0 Å². The number of hydrogen-bond acceptors (Lipinski definition) is 2. The van der Waals surface area contributed by atoms with Crippen molar-refractivity contribution in [1.82, 2.24) is 5.32 Å². The SMILES string of the molecule is CNCc1cc(F)c(F)c(OC)c1. The van der Waals surface area contributed by atoms with Crippen molar-refractivity contribution < 1.29 is 13.5 Å². The number of ether oxygens (including phenoxy) is 1. The van der Waals surface area contributed by atoms with Crippen LogP contribution in [0.3, 0.4) is 0 Å². The molecule has 1 rings (SSSR count). The van der Waals surface area contributed by atoms with E-state index in [2.05, 4.69) is 10.1 Å². The van der Waals surface area contributed by atoms with Gasteiger partial charge in [-0.15, -0.1) is 0 Å². The van der Waals surface area contributed by atoms with Gasteiger partial charge in [0.25, 0.3) is 0 Å². The van der Waals surface area contributed by atoms with Gasteiger partial charge in [0.2, 0.25) is 5.82 Å². The number of methoxy groups -OCH3 is 1. The number of hydrogen-bond donors (Lipinski definition) is 1. The summed E-state index contributed by atoms with van der Waals surface area (Å²) in [6, 6.07) is 2.61. The first-order valence-electron chi connectivity index (χ1n) is 3.85. The van der Waals surface area contributed by atoms with Crippen molar-refractivity contribution in [2.24, 2.45) is 0 Å². The van der Waals surface area contributed by atoms with E-state index >= 15 is 0 Å². The predicted octanol–water partition coefficient (Wildman–Crippen LogP) is 1.69. The Bertz CT molecular complexity index is 302. The lowest BCUT2D eigenvalue weighted by atomic mass is 10.2. The summed E-state index contributed by atoms with van der Waals surface area (Å²) in [5.74, 6) is -1.89. The number of rotatable bonds is 3. The third kappa shape index (κ3) is 2.15. The highest BCUT2D eigenvalue weighted by molar-refractivity contribution is 5.31. The lowest BCUT2D eigenvalue weighted by molar-refractivity contribution is 0.371. The molecule has 2 nitrogen and oxygen atoms in total. The molecule has 0 aromatic heterocycles. The quantitative estimate of drug-likeness (QED) is 0.777. The van der Waals surface area contributed by atoms with Crippen LogP contribution in [-0.2, 0) is 6.54 Å². The summed E-state index contributed by atoms with van der Waals surface area (Å²) in [7, 11) is 3.04. The van der Waals surface area contributed by atoms with Gasteiger partial charge in [0.05, 0.1) is 7.11 Å². The summed E-state index contributed by atoms with van der Waals surface area (Å²) in [5.41, 5.74) is 0.651. The van der Waals surface area contributed by atoms with Gasteiger partial charge in [-0.2, -0.15) is 4.39 Å². The van der Waals surface area contributed by atoms with Crippen LogP contribution in [0.2, 0.25) is 0 Å². The molecular formula is C9H11F2NO. The van der Waals surface area contributed by atoms with Crippen molar-refractivity contribution in [1.29, 1.82) is 0 Å². The van der Waals surface area contributed by atoms with E-state index in [0.717, 1.165) is 6.07 Å². The minimum Gasteiger partial charge on any atom is -0.494 e. The number of halogens is 2. The van der Waals surface area contributed by atoms with Crippen LogP contribution in [0.5, 0.6) is 5.75 Å². The van der Waals surface area contributed by atoms with E-state index in [0.29, 0.717) is 12.1 Å². The van der Waals surface area contributed by atoms with Crippen LogP contribution in [0.4, 0.5) is 8.78 Å². The lowest BCUT2D eigenvalue weighted by Crippen LogP contribution is -2.06. The fourth-order valence-electron chi connectivity index (χ4n) is 1.07. The van der Waals surface area contributed by atoms with Crippen LogP contribution < -0.4 is 10.1 Å². The van der Waals surface area contributed by atoms with Gasteiger partial charge >= 0.3 is 0 Å². The van der Waals surface area contributed by atoms with E-state index in [1.807, 2.05) is 0 Å². The molecule has 1 aromatic rings. The third-order valence-corrected chi connectivity index (χ3v) is 1.66. The molecule has 0 heterocycles. The molecule has 4 heteroatoms. The van der Waals surface area contributed by atoms with E-state index < -0.39 is 11.6 Å². The molecular weight excluding hydrogens is 176 g/mol. The van der Waals surface area contributed by atoms with Crippen LogP contribution in [0.1, 0.15) is 5.56 Å². The molecule has 1 aromatic carbocycles. The van der Waals surface area contributed by atoms with Crippen molar-refractivity contribution in [3.63, 3.8) is 0 Å². The third-order valence-electron chi connectivity index (χ3n) is 1.66. The van der Waals surface area contributed by atoms with Crippen LogP contribution in [0.15, 0.2) is 12.1 Å². The maximum absolute atomic E-state index is 12.9. The number of nitrogens with one attached hydrogen (secondary N) is 1. The van der Waals surface area contributed by atoms with Crippen molar-refractivity contribution in [2.45, 2.75) is 6.54 Å². The summed E-state index contributed by atoms with van der Waals surface area (Å²) in [6.07, 6.45) is 0. The normalized spacial score (nSPS) is 10.2. The monoisotopic (exact) mass is 187 g/mol. The van der Waals surface area contributed by atoms with Crippen molar-refractivity contribution >= 4 is 0 Å². The van der Waals surface area contributed by atoms with Crippen molar-refractivity contribution in [3.05, 3.63) is 29.3 Å². The van der Waals surface area contributed by atoms with Crippen molar-refractivity contribution in [2.75, 3.05) is 14.2 Å². The van der Waals surface area contributed by atoms with Crippen LogP contribution in [0, 0.1) is 11.6 Å². The maximum atomic E-state index is 12.9. The molecule has 0 aliphatic rings. The Hall–Kier alpha value is -1.16. The van der Waals surface area contributed by atoms with Crippen molar-refractivity contribution in [3.8, 4) is 5.75 Å². The fourth-order valence-corrected chi connectivity index (χ4v) is 1.07. The predicted molar refractivity (Wildman–Crippen MR) is 45.7 cm³/mol. The average Bonchev–Trinajstić information content (AvgIpc) is 2.11. The Morgan fingerprint density at radius 3 is 2.62 bits per heavy atom. The Morgan fingerprint density at radius 1 is 1.38 bits per heavy atom. The molecule has 0 amide bonds. The molecule has 0 atom stereocenters. The molecule has 0 unspecified atom stereocenters. The Balaban J connectivity index is 3.06. The highest BCUT2D eigenvalue weighted by atomic mass is 19.2. The van der Waals surface area contributed by atoms with Crippen LogP contribution >= 0.6 is 0 Å². The molecule has 72 valence electrons. The molecule has 0 fully saturated rings. The Labute approximate surface area is 75.5 Å². The van der Waals surface area contributed by atoms with E-state index in [1.54, 1.807) is 7.05 Å². The Kier molecular flexibility index (Phi) is 3.19. The molecule has 0 spiro atoms. The molecule has 0 saturated heterocycles. The number of benzene rings is 1. The van der Waals surface area contributed by atoms with Crippen LogP contribution in [-0.4, -0.2) is 14.2 Å². The standard InChI is InChI=1S/C9H11F2NO/c1-12-5-6-3-7(10)9(11)8(4-6)13-2/h3-4,12H,5H2,1-2H3. The maximum Gasteiger partial charge on any atom is 0.200 e. The molecule has 0 bridgehead atoms.